The van der Waals surface area contributed by atoms with Gasteiger partial charge in [-0.15, -0.1) is 0 Å². The number of nitrogens with one attached hydrogen (secondary N) is 1. The van der Waals surface area contributed by atoms with E-state index in [-0.39, 0.29) is 5.92 Å². The molecule has 1 nitrogen and oxygen atoms in total. The molecule has 0 aliphatic heterocycles. The first-order chi connectivity index (χ1) is 10.1. The number of halogens is 3. The van der Waals surface area contributed by atoms with Crippen LogP contribution in [0.5, 0.6) is 0 Å². The zero-order valence-electron chi connectivity index (χ0n) is 11.9. The Morgan fingerprint density at radius 2 is 1.76 bits per heavy atom. The van der Waals surface area contributed by atoms with E-state index in [4.69, 9.17) is 0 Å². The summed E-state index contributed by atoms with van der Waals surface area (Å²) in [6.45, 7) is 0.785. The summed E-state index contributed by atoms with van der Waals surface area (Å²) in [5.74, 6) is -0.739. The molecular weight excluding hydrogens is 336 g/mol. The van der Waals surface area contributed by atoms with Crippen LogP contribution in [0, 0.1) is 17.6 Å². The van der Waals surface area contributed by atoms with E-state index >= 15 is 0 Å². The fourth-order valence-electron chi connectivity index (χ4n) is 2.46. The van der Waals surface area contributed by atoms with Gasteiger partial charge in [-0.1, -0.05) is 34.1 Å². The van der Waals surface area contributed by atoms with Gasteiger partial charge >= 0.3 is 0 Å². The topological polar surface area (TPSA) is 12.0 Å². The third kappa shape index (κ3) is 4.90. The Labute approximate surface area is 132 Å². The van der Waals surface area contributed by atoms with Crippen LogP contribution in [0.1, 0.15) is 11.1 Å². The van der Waals surface area contributed by atoms with Crippen LogP contribution in [0.15, 0.2) is 46.9 Å². The number of hydrogen-bond acceptors (Lipinski definition) is 1. The summed E-state index contributed by atoms with van der Waals surface area (Å²) in [4.78, 5) is 0. The molecule has 0 amide bonds. The predicted octanol–water partition coefficient (Wildman–Crippen LogP) is 4.35. The summed E-state index contributed by atoms with van der Waals surface area (Å²) in [5, 5.41) is 3.14. The van der Waals surface area contributed by atoms with Gasteiger partial charge in [-0.2, -0.15) is 0 Å². The maximum Gasteiger partial charge on any atom is 0.129 e. The van der Waals surface area contributed by atoms with Crippen LogP contribution in [0.2, 0.25) is 0 Å². The smallest absolute Gasteiger partial charge is 0.129 e. The van der Waals surface area contributed by atoms with Gasteiger partial charge in [-0.3, -0.25) is 0 Å². The van der Waals surface area contributed by atoms with Crippen molar-refractivity contribution in [1.82, 2.24) is 5.32 Å². The average Bonchev–Trinajstić information content (AvgIpc) is 2.44. The highest BCUT2D eigenvalue weighted by atomic mass is 79.9. The Bertz CT molecular complexity index is 584. The summed E-state index contributed by atoms with van der Waals surface area (Å²) < 4.78 is 27.8. The van der Waals surface area contributed by atoms with Crippen molar-refractivity contribution in [1.29, 1.82) is 0 Å². The monoisotopic (exact) mass is 353 g/mol. The van der Waals surface area contributed by atoms with E-state index < -0.39 is 11.6 Å². The van der Waals surface area contributed by atoms with Crippen molar-refractivity contribution in [2.75, 3.05) is 13.6 Å². The molecule has 1 atom stereocenters. The highest BCUT2D eigenvalue weighted by Gasteiger charge is 2.13. The minimum Gasteiger partial charge on any atom is -0.319 e. The minimum absolute atomic E-state index is 0.260. The van der Waals surface area contributed by atoms with Gasteiger partial charge in [-0.05, 0) is 61.7 Å². The third-order valence-corrected chi connectivity index (χ3v) is 3.98. The number of hydrogen-bond donors (Lipinski definition) is 1. The van der Waals surface area contributed by atoms with Gasteiger partial charge in [0.25, 0.3) is 0 Å². The normalized spacial score (nSPS) is 12.4. The van der Waals surface area contributed by atoms with Gasteiger partial charge in [0.05, 0.1) is 0 Å². The summed E-state index contributed by atoms with van der Waals surface area (Å²) in [6, 6.07) is 11.9. The van der Waals surface area contributed by atoms with Crippen molar-refractivity contribution < 1.29 is 8.78 Å². The SMILES string of the molecule is CNCC(Cc1ccc(Br)cc1)Cc1ccc(F)cc1F. The van der Waals surface area contributed by atoms with E-state index in [2.05, 4.69) is 33.4 Å². The van der Waals surface area contributed by atoms with Crippen molar-refractivity contribution in [3.05, 3.63) is 69.7 Å². The van der Waals surface area contributed by atoms with Gasteiger partial charge in [0.2, 0.25) is 0 Å². The first kappa shape index (κ1) is 16.1. The minimum atomic E-state index is -0.533. The van der Waals surface area contributed by atoms with Crippen molar-refractivity contribution in [2.24, 2.45) is 5.92 Å². The summed E-state index contributed by atoms with van der Waals surface area (Å²) in [5.41, 5.74) is 1.77. The van der Waals surface area contributed by atoms with E-state index in [1.807, 2.05) is 19.2 Å². The van der Waals surface area contributed by atoms with Crippen molar-refractivity contribution in [2.45, 2.75) is 12.8 Å². The summed E-state index contributed by atoms with van der Waals surface area (Å²) in [7, 11) is 1.88. The van der Waals surface area contributed by atoms with Gasteiger partial charge in [0.1, 0.15) is 11.6 Å². The third-order valence-electron chi connectivity index (χ3n) is 3.45. The first-order valence-corrected chi connectivity index (χ1v) is 7.70. The molecule has 0 aliphatic rings. The summed E-state index contributed by atoms with van der Waals surface area (Å²) in [6.07, 6.45) is 1.44. The molecule has 0 saturated carbocycles. The molecule has 0 spiro atoms. The molecule has 2 aromatic carbocycles. The average molecular weight is 354 g/mol. The van der Waals surface area contributed by atoms with Crippen molar-refractivity contribution >= 4 is 15.9 Å². The van der Waals surface area contributed by atoms with Crippen LogP contribution in [-0.4, -0.2) is 13.6 Å². The molecule has 2 aromatic rings. The fraction of sp³-hybridized carbons (Fsp3) is 0.294. The first-order valence-electron chi connectivity index (χ1n) is 6.91. The van der Waals surface area contributed by atoms with Crippen LogP contribution in [0.4, 0.5) is 8.78 Å². The number of benzene rings is 2. The Balaban J connectivity index is 2.09. The molecule has 2 rings (SSSR count). The molecule has 4 heteroatoms. The fourth-order valence-corrected chi connectivity index (χ4v) is 2.72. The van der Waals surface area contributed by atoms with Crippen molar-refractivity contribution in [3.8, 4) is 0 Å². The van der Waals surface area contributed by atoms with Crippen LogP contribution in [-0.2, 0) is 12.8 Å². The molecule has 0 heterocycles. The Morgan fingerprint density at radius 1 is 1.05 bits per heavy atom. The molecule has 1 N–H and O–H groups in total. The second-order valence-corrected chi connectivity index (χ2v) is 6.11. The highest BCUT2D eigenvalue weighted by molar-refractivity contribution is 9.10. The van der Waals surface area contributed by atoms with E-state index in [1.54, 1.807) is 0 Å². The quantitative estimate of drug-likeness (QED) is 0.813. The van der Waals surface area contributed by atoms with E-state index in [0.717, 1.165) is 23.5 Å². The zero-order chi connectivity index (χ0) is 15.2. The zero-order valence-corrected chi connectivity index (χ0v) is 13.5. The molecule has 0 radical (unpaired) electrons. The van der Waals surface area contributed by atoms with Crippen LogP contribution >= 0.6 is 15.9 Å². The lowest BCUT2D eigenvalue weighted by atomic mass is 9.92. The van der Waals surface area contributed by atoms with Gasteiger partial charge in [0, 0.05) is 10.5 Å². The van der Waals surface area contributed by atoms with Crippen LogP contribution in [0.25, 0.3) is 0 Å². The lowest BCUT2D eigenvalue weighted by Crippen LogP contribution is -2.23. The maximum atomic E-state index is 13.8. The lowest BCUT2D eigenvalue weighted by molar-refractivity contribution is 0.477. The lowest BCUT2D eigenvalue weighted by Gasteiger charge is -2.17. The second kappa shape index (κ2) is 7.66. The molecule has 0 fully saturated rings. The highest BCUT2D eigenvalue weighted by Crippen LogP contribution is 2.19. The van der Waals surface area contributed by atoms with E-state index in [1.165, 1.54) is 17.7 Å². The van der Waals surface area contributed by atoms with Crippen molar-refractivity contribution in [3.63, 3.8) is 0 Å². The van der Waals surface area contributed by atoms with Crippen LogP contribution in [0.3, 0.4) is 0 Å². The molecule has 1 unspecified atom stereocenters. The van der Waals surface area contributed by atoms with Gasteiger partial charge in [0.15, 0.2) is 0 Å². The van der Waals surface area contributed by atoms with Crippen LogP contribution < -0.4 is 5.32 Å². The van der Waals surface area contributed by atoms with Gasteiger partial charge in [-0.25, -0.2) is 8.78 Å². The van der Waals surface area contributed by atoms with E-state index in [9.17, 15) is 8.78 Å². The second-order valence-electron chi connectivity index (χ2n) is 5.19. The van der Waals surface area contributed by atoms with Gasteiger partial charge < -0.3 is 5.32 Å². The standard InChI is InChI=1S/C17H18BrF2N/c1-21-11-13(8-12-2-5-15(18)6-3-12)9-14-4-7-16(19)10-17(14)20/h2-7,10,13,21H,8-9,11H2,1H3. The molecule has 0 saturated heterocycles. The maximum absolute atomic E-state index is 13.8. The Kier molecular flexibility index (Phi) is 5.88. The molecule has 0 aromatic heterocycles. The molecule has 0 bridgehead atoms. The summed E-state index contributed by atoms with van der Waals surface area (Å²) >= 11 is 3.42. The number of rotatable bonds is 6. The van der Waals surface area contributed by atoms with E-state index in [0.29, 0.717) is 12.0 Å². The Morgan fingerprint density at radius 3 is 2.38 bits per heavy atom. The predicted molar refractivity (Wildman–Crippen MR) is 85.3 cm³/mol. The Hall–Kier alpha value is -1.26. The largest absolute Gasteiger partial charge is 0.319 e. The molecule has 21 heavy (non-hydrogen) atoms. The molecular formula is C17H18BrF2N. The molecule has 0 aliphatic carbocycles. The molecule has 112 valence electrons.